The van der Waals surface area contributed by atoms with Crippen LogP contribution < -0.4 is 5.69 Å². The average molecular weight is 394 g/mol. The number of halogens is 3. The number of nitrogens with zero attached hydrogens (tertiary/aromatic N) is 4. The van der Waals surface area contributed by atoms with Crippen LogP contribution in [0.4, 0.5) is 13.2 Å². The molecular weight excluding hydrogens is 373 g/mol. The van der Waals surface area contributed by atoms with Gasteiger partial charge in [-0.25, -0.2) is 9.48 Å². The summed E-state index contributed by atoms with van der Waals surface area (Å²) < 4.78 is 40.3. The molecule has 1 aliphatic heterocycles. The molecule has 6 nitrogen and oxygen atoms in total. The maximum Gasteiger partial charge on any atom is 0.451 e. The molecule has 0 saturated carbocycles. The normalized spacial score (nSPS) is 16.5. The Morgan fingerprint density at radius 1 is 1.18 bits per heavy atom. The second kappa shape index (κ2) is 7.65. The predicted octanol–water partition coefficient (Wildman–Crippen LogP) is 2.87. The Balaban J connectivity index is 1.69. The maximum atomic E-state index is 13.0. The molecule has 9 heteroatoms. The van der Waals surface area contributed by atoms with E-state index in [1.807, 2.05) is 30.3 Å². The molecule has 0 radical (unpaired) electrons. The number of rotatable bonds is 3. The zero-order chi connectivity index (χ0) is 20.5. The second-order valence-electron chi connectivity index (χ2n) is 6.87. The molecule has 28 heavy (non-hydrogen) atoms. The number of carbonyl (C=O) groups is 1. The molecule has 0 atom stereocenters. The zero-order valence-electron chi connectivity index (χ0n) is 15.6. The number of piperidine rings is 1. The lowest BCUT2D eigenvalue weighted by Gasteiger charge is -2.31. The van der Waals surface area contributed by atoms with Crippen LogP contribution in [0.1, 0.15) is 37.2 Å². The van der Waals surface area contributed by atoms with Crippen molar-refractivity contribution in [3.63, 3.8) is 0 Å². The third-order valence-corrected chi connectivity index (χ3v) is 4.87. The number of hydrogen-bond donors (Lipinski definition) is 0. The van der Waals surface area contributed by atoms with E-state index in [4.69, 9.17) is 0 Å². The minimum absolute atomic E-state index is 0.119. The maximum absolute atomic E-state index is 13.0. The number of amides is 1. The van der Waals surface area contributed by atoms with Crippen molar-refractivity contribution in [2.24, 2.45) is 7.05 Å². The fraction of sp³-hybridized carbons (Fsp3) is 0.421. The van der Waals surface area contributed by atoms with E-state index in [0.717, 1.165) is 17.3 Å². The molecular formula is C19H21F3N4O2. The molecule has 0 aliphatic carbocycles. The summed E-state index contributed by atoms with van der Waals surface area (Å²) in [6.07, 6.45) is -2.14. The van der Waals surface area contributed by atoms with Crippen LogP contribution in [-0.4, -0.2) is 38.2 Å². The number of benzene rings is 1. The molecule has 1 aromatic heterocycles. The lowest BCUT2D eigenvalue weighted by atomic mass is 10.0. The SMILES string of the molecule is C/C(=C\c1ccccc1)C(=O)N1CCC(n2nc(C(F)(F)F)n(C)c2=O)CC1. The van der Waals surface area contributed by atoms with Gasteiger partial charge in [0.15, 0.2) is 0 Å². The highest BCUT2D eigenvalue weighted by molar-refractivity contribution is 5.97. The highest BCUT2D eigenvalue weighted by Gasteiger charge is 2.39. The lowest BCUT2D eigenvalue weighted by molar-refractivity contribution is -0.147. The minimum Gasteiger partial charge on any atom is -0.339 e. The summed E-state index contributed by atoms with van der Waals surface area (Å²) in [5.74, 6) is -1.33. The number of likely N-dealkylation sites (tertiary alicyclic amines) is 1. The summed E-state index contributed by atoms with van der Waals surface area (Å²) >= 11 is 0. The van der Waals surface area contributed by atoms with Crippen molar-refractivity contribution in [1.29, 1.82) is 0 Å². The summed E-state index contributed by atoms with van der Waals surface area (Å²) in [6.45, 7) is 2.45. The van der Waals surface area contributed by atoms with Gasteiger partial charge in [0.05, 0.1) is 6.04 Å². The summed E-state index contributed by atoms with van der Waals surface area (Å²) in [5.41, 5.74) is 0.708. The van der Waals surface area contributed by atoms with E-state index in [-0.39, 0.29) is 5.91 Å². The first-order chi connectivity index (χ1) is 13.2. The van der Waals surface area contributed by atoms with Crippen molar-refractivity contribution in [1.82, 2.24) is 19.2 Å². The van der Waals surface area contributed by atoms with Crippen LogP contribution in [0, 0.1) is 0 Å². The minimum atomic E-state index is -4.69. The zero-order valence-corrected chi connectivity index (χ0v) is 15.6. The van der Waals surface area contributed by atoms with Crippen molar-refractivity contribution in [2.45, 2.75) is 32.0 Å². The van der Waals surface area contributed by atoms with Gasteiger partial charge in [-0.3, -0.25) is 9.36 Å². The van der Waals surface area contributed by atoms with Gasteiger partial charge in [-0.1, -0.05) is 30.3 Å². The largest absolute Gasteiger partial charge is 0.451 e. The first kappa shape index (κ1) is 19.9. The van der Waals surface area contributed by atoms with Gasteiger partial charge >= 0.3 is 11.9 Å². The average Bonchev–Trinajstić information content (AvgIpc) is 2.97. The fourth-order valence-corrected chi connectivity index (χ4v) is 3.36. The van der Waals surface area contributed by atoms with Gasteiger partial charge in [-0.05, 0) is 31.4 Å². The van der Waals surface area contributed by atoms with E-state index in [0.29, 0.717) is 36.1 Å². The van der Waals surface area contributed by atoms with Crippen molar-refractivity contribution < 1.29 is 18.0 Å². The van der Waals surface area contributed by atoms with Gasteiger partial charge in [0.1, 0.15) is 0 Å². The quantitative estimate of drug-likeness (QED) is 0.753. The molecule has 0 N–H and O–H groups in total. The molecule has 1 saturated heterocycles. The van der Waals surface area contributed by atoms with Crippen LogP contribution in [0.5, 0.6) is 0 Å². The van der Waals surface area contributed by atoms with Crippen LogP contribution in [0.2, 0.25) is 0 Å². The molecule has 2 heterocycles. The van der Waals surface area contributed by atoms with Gasteiger partial charge in [0, 0.05) is 25.7 Å². The predicted molar refractivity (Wildman–Crippen MR) is 97.4 cm³/mol. The monoisotopic (exact) mass is 394 g/mol. The molecule has 1 amide bonds. The molecule has 1 fully saturated rings. The Morgan fingerprint density at radius 3 is 2.32 bits per heavy atom. The standard InChI is InChI=1S/C19H21F3N4O2/c1-13(12-14-6-4-3-5-7-14)16(27)25-10-8-15(9-11-25)26-18(28)24(2)17(23-26)19(20,21)22/h3-7,12,15H,8-11H2,1-2H3/b13-12+. The summed E-state index contributed by atoms with van der Waals surface area (Å²) in [7, 11) is 1.06. The molecule has 0 spiro atoms. The number of aromatic nitrogens is 3. The van der Waals surface area contributed by atoms with E-state index < -0.39 is 23.7 Å². The van der Waals surface area contributed by atoms with Crippen LogP contribution in [-0.2, 0) is 18.0 Å². The van der Waals surface area contributed by atoms with Crippen molar-refractivity contribution >= 4 is 12.0 Å². The molecule has 2 aromatic rings. The van der Waals surface area contributed by atoms with Crippen molar-refractivity contribution in [3.8, 4) is 0 Å². The second-order valence-corrected chi connectivity index (χ2v) is 6.87. The molecule has 150 valence electrons. The van der Waals surface area contributed by atoms with Gasteiger partial charge in [0.25, 0.3) is 0 Å². The summed E-state index contributed by atoms with van der Waals surface area (Å²) in [4.78, 5) is 26.4. The Bertz CT molecular complexity index is 936. The van der Waals surface area contributed by atoms with Gasteiger partial charge in [-0.15, -0.1) is 5.10 Å². The third-order valence-electron chi connectivity index (χ3n) is 4.87. The molecule has 3 rings (SSSR count). The van der Waals surface area contributed by atoms with Crippen LogP contribution >= 0.6 is 0 Å². The Morgan fingerprint density at radius 2 is 1.79 bits per heavy atom. The van der Waals surface area contributed by atoms with Gasteiger partial charge in [0.2, 0.25) is 11.7 Å². The molecule has 0 unspecified atom stereocenters. The van der Waals surface area contributed by atoms with E-state index >= 15 is 0 Å². The van der Waals surface area contributed by atoms with E-state index in [2.05, 4.69) is 5.10 Å². The highest BCUT2D eigenvalue weighted by atomic mass is 19.4. The topological polar surface area (TPSA) is 60.1 Å². The van der Waals surface area contributed by atoms with E-state index in [1.165, 1.54) is 0 Å². The van der Waals surface area contributed by atoms with E-state index in [1.54, 1.807) is 17.9 Å². The first-order valence-corrected chi connectivity index (χ1v) is 8.94. The van der Waals surface area contributed by atoms with E-state index in [9.17, 15) is 22.8 Å². The number of hydrogen-bond acceptors (Lipinski definition) is 3. The summed E-state index contributed by atoms with van der Waals surface area (Å²) in [6, 6.07) is 8.99. The van der Waals surface area contributed by atoms with Crippen molar-refractivity contribution in [2.75, 3.05) is 13.1 Å². The van der Waals surface area contributed by atoms with Crippen LogP contribution in [0.25, 0.3) is 6.08 Å². The lowest BCUT2D eigenvalue weighted by Crippen LogP contribution is -2.41. The van der Waals surface area contributed by atoms with Gasteiger partial charge < -0.3 is 4.90 Å². The molecule has 1 aliphatic rings. The first-order valence-electron chi connectivity index (χ1n) is 8.94. The van der Waals surface area contributed by atoms with Crippen LogP contribution in [0.15, 0.2) is 40.7 Å². The number of alkyl halides is 3. The fourth-order valence-electron chi connectivity index (χ4n) is 3.36. The Hall–Kier alpha value is -2.84. The highest BCUT2D eigenvalue weighted by Crippen LogP contribution is 2.28. The third kappa shape index (κ3) is 4.02. The Kier molecular flexibility index (Phi) is 5.44. The van der Waals surface area contributed by atoms with Gasteiger partial charge in [-0.2, -0.15) is 13.2 Å². The number of carbonyl (C=O) groups excluding carboxylic acids is 1. The van der Waals surface area contributed by atoms with Crippen LogP contribution in [0.3, 0.4) is 0 Å². The Labute approximate surface area is 159 Å². The molecule has 1 aromatic carbocycles. The van der Waals surface area contributed by atoms with Crippen molar-refractivity contribution in [3.05, 3.63) is 57.8 Å². The molecule has 0 bridgehead atoms. The smallest absolute Gasteiger partial charge is 0.339 e. The summed E-state index contributed by atoms with van der Waals surface area (Å²) in [5, 5.41) is 3.49.